The second-order valence-electron chi connectivity index (χ2n) is 4.49. The van der Waals surface area contributed by atoms with Gasteiger partial charge in [0.2, 0.25) is 0 Å². The molecule has 1 atom stereocenters. The topological polar surface area (TPSA) is 28.7 Å². The lowest BCUT2D eigenvalue weighted by Crippen LogP contribution is -1.90. The number of nitrogens with zero attached hydrogens (tertiary/aromatic N) is 1. The standard InChI is InChI=1S/C15H12Cl2N2S/c1-9(11-4-2-3-5-12(11)17)20-15-18-13-7-6-10(16)8-14(13)19-15/h2-9H,1H3,(H,18,19)/t9-/m1/s1. The fraction of sp³-hybridized carbons (Fsp3) is 0.133. The number of halogens is 2. The molecule has 0 unspecified atom stereocenters. The second-order valence-corrected chi connectivity index (χ2v) is 6.66. The Morgan fingerprint density at radius 1 is 1.15 bits per heavy atom. The van der Waals surface area contributed by atoms with Crippen LogP contribution in [0.4, 0.5) is 0 Å². The van der Waals surface area contributed by atoms with Crippen LogP contribution in [-0.2, 0) is 0 Å². The molecule has 2 aromatic carbocycles. The first-order valence-corrected chi connectivity index (χ1v) is 7.83. The van der Waals surface area contributed by atoms with Crippen LogP contribution in [0, 0.1) is 0 Å². The molecule has 0 radical (unpaired) electrons. The number of hydrogen-bond acceptors (Lipinski definition) is 2. The number of H-pyrrole nitrogens is 1. The molecule has 0 aliphatic carbocycles. The summed E-state index contributed by atoms with van der Waals surface area (Å²) in [5.74, 6) is 0. The number of aromatic amines is 1. The van der Waals surface area contributed by atoms with Gasteiger partial charge >= 0.3 is 0 Å². The van der Waals surface area contributed by atoms with Crippen LogP contribution in [-0.4, -0.2) is 9.97 Å². The average Bonchev–Trinajstić information content (AvgIpc) is 2.80. The summed E-state index contributed by atoms with van der Waals surface area (Å²) in [6, 6.07) is 13.5. The van der Waals surface area contributed by atoms with Gasteiger partial charge in [-0.2, -0.15) is 0 Å². The van der Waals surface area contributed by atoms with Crippen molar-refractivity contribution in [1.29, 1.82) is 0 Å². The fourth-order valence-corrected chi connectivity index (χ4v) is 3.57. The van der Waals surface area contributed by atoms with Crippen LogP contribution in [0.1, 0.15) is 17.7 Å². The largest absolute Gasteiger partial charge is 0.333 e. The quantitative estimate of drug-likeness (QED) is 0.624. The van der Waals surface area contributed by atoms with E-state index >= 15 is 0 Å². The van der Waals surface area contributed by atoms with Crippen molar-refractivity contribution in [2.45, 2.75) is 17.3 Å². The zero-order valence-corrected chi connectivity index (χ0v) is 13.1. The van der Waals surface area contributed by atoms with E-state index in [0.29, 0.717) is 5.02 Å². The Labute approximate surface area is 131 Å². The second kappa shape index (κ2) is 5.68. The number of nitrogens with one attached hydrogen (secondary N) is 1. The molecule has 1 N–H and O–H groups in total. The molecule has 5 heteroatoms. The van der Waals surface area contributed by atoms with Crippen molar-refractivity contribution in [3.8, 4) is 0 Å². The van der Waals surface area contributed by atoms with E-state index in [1.54, 1.807) is 11.8 Å². The number of aromatic nitrogens is 2. The molecule has 0 saturated carbocycles. The number of benzene rings is 2. The summed E-state index contributed by atoms with van der Waals surface area (Å²) in [6.07, 6.45) is 0. The Morgan fingerprint density at radius 3 is 2.75 bits per heavy atom. The molecule has 3 aromatic rings. The van der Waals surface area contributed by atoms with Crippen molar-refractivity contribution in [1.82, 2.24) is 9.97 Å². The molecule has 0 spiro atoms. The first-order valence-electron chi connectivity index (χ1n) is 6.20. The van der Waals surface area contributed by atoms with Crippen molar-refractivity contribution in [3.63, 3.8) is 0 Å². The number of hydrogen-bond donors (Lipinski definition) is 1. The zero-order chi connectivity index (χ0) is 14.1. The van der Waals surface area contributed by atoms with Crippen molar-refractivity contribution in [3.05, 3.63) is 58.1 Å². The van der Waals surface area contributed by atoms with Crippen LogP contribution in [0.5, 0.6) is 0 Å². The third-order valence-corrected chi connectivity index (χ3v) is 4.66. The third-order valence-electron chi connectivity index (χ3n) is 3.05. The van der Waals surface area contributed by atoms with Crippen LogP contribution < -0.4 is 0 Å². The molecule has 0 amide bonds. The number of imidazole rings is 1. The number of rotatable bonds is 3. The molecule has 1 aromatic heterocycles. The molecule has 102 valence electrons. The van der Waals surface area contributed by atoms with E-state index in [1.807, 2.05) is 42.5 Å². The molecular weight excluding hydrogens is 311 g/mol. The van der Waals surface area contributed by atoms with Crippen LogP contribution >= 0.6 is 35.0 Å². The van der Waals surface area contributed by atoms with E-state index in [9.17, 15) is 0 Å². The highest BCUT2D eigenvalue weighted by Crippen LogP contribution is 2.37. The molecule has 0 fully saturated rings. The van der Waals surface area contributed by atoms with Gasteiger partial charge in [0, 0.05) is 15.3 Å². The smallest absolute Gasteiger partial charge is 0.166 e. The Bertz CT molecular complexity index is 754. The summed E-state index contributed by atoms with van der Waals surface area (Å²) in [5, 5.41) is 2.58. The summed E-state index contributed by atoms with van der Waals surface area (Å²) >= 11 is 13.8. The maximum atomic E-state index is 6.22. The number of thioether (sulfide) groups is 1. The summed E-state index contributed by atoms with van der Waals surface area (Å²) in [5.41, 5.74) is 2.98. The van der Waals surface area contributed by atoms with Gasteiger partial charge in [0.25, 0.3) is 0 Å². The van der Waals surface area contributed by atoms with Gasteiger partial charge in [-0.1, -0.05) is 53.2 Å². The molecule has 2 nitrogen and oxygen atoms in total. The van der Waals surface area contributed by atoms with Crippen LogP contribution in [0.2, 0.25) is 10.0 Å². The first kappa shape index (κ1) is 13.8. The summed E-state index contributed by atoms with van der Waals surface area (Å²) in [6.45, 7) is 2.12. The minimum absolute atomic E-state index is 0.222. The maximum absolute atomic E-state index is 6.22. The molecule has 1 heterocycles. The van der Waals surface area contributed by atoms with Gasteiger partial charge < -0.3 is 4.98 Å². The predicted molar refractivity (Wildman–Crippen MR) is 86.8 cm³/mol. The Balaban J connectivity index is 1.87. The average molecular weight is 323 g/mol. The minimum Gasteiger partial charge on any atom is -0.333 e. The highest BCUT2D eigenvalue weighted by Gasteiger charge is 2.13. The molecule has 20 heavy (non-hydrogen) atoms. The zero-order valence-electron chi connectivity index (χ0n) is 10.7. The maximum Gasteiger partial charge on any atom is 0.166 e. The van der Waals surface area contributed by atoms with E-state index in [1.165, 1.54) is 0 Å². The molecule has 0 bridgehead atoms. The molecule has 3 rings (SSSR count). The summed E-state index contributed by atoms with van der Waals surface area (Å²) in [7, 11) is 0. The lowest BCUT2D eigenvalue weighted by atomic mass is 10.2. The van der Waals surface area contributed by atoms with Gasteiger partial charge in [0.15, 0.2) is 5.16 Å². The molecule has 0 saturated heterocycles. The summed E-state index contributed by atoms with van der Waals surface area (Å²) < 4.78 is 0. The SMILES string of the molecule is C[C@@H](Sc1nc2ccc(Cl)cc2[nH]1)c1ccccc1Cl. The van der Waals surface area contributed by atoms with E-state index in [4.69, 9.17) is 23.2 Å². The first-order chi connectivity index (χ1) is 9.63. The normalized spacial score (nSPS) is 12.8. The van der Waals surface area contributed by atoms with Gasteiger partial charge in [0.1, 0.15) is 0 Å². The highest BCUT2D eigenvalue weighted by atomic mass is 35.5. The van der Waals surface area contributed by atoms with E-state index in [2.05, 4.69) is 16.9 Å². The van der Waals surface area contributed by atoms with E-state index in [0.717, 1.165) is 26.8 Å². The van der Waals surface area contributed by atoms with Crippen LogP contribution in [0.15, 0.2) is 47.6 Å². The molecule has 0 aliphatic rings. The molecular formula is C15H12Cl2N2S. The Kier molecular flexibility index (Phi) is 3.92. The predicted octanol–water partition coefficient (Wildman–Crippen LogP) is 5.72. The Morgan fingerprint density at radius 2 is 1.95 bits per heavy atom. The van der Waals surface area contributed by atoms with Gasteiger partial charge in [-0.3, -0.25) is 0 Å². The van der Waals surface area contributed by atoms with Gasteiger partial charge in [-0.25, -0.2) is 4.98 Å². The van der Waals surface area contributed by atoms with Crippen LogP contribution in [0.25, 0.3) is 11.0 Å². The lowest BCUT2D eigenvalue weighted by Gasteiger charge is -2.11. The molecule has 0 aliphatic heterocycles. The third kappa shape index (κ3) is 2.80. The van der Waals surface area contributed by atoms with Crippen LogP contribution in [0.3, 0.4) is 0 Å². The summed E-state index contributed by atoms with van der Waals surface area (Å²) in [4.78, 5) is 7.84. The Hall–Kier alpha value is -1.16. The minimum atomic E-state index is 0.222. The van der Waals surface area contributed by atoms with E-state index in [-0.39, 0.29) is 5.25 Å². The van der Waals surface area contributed by atoms with Gasteiger partial charge in [-0.05, 0) is 36.8 Å². The van der Waals surface area contributed by atoms with E-state index < -0.39 is 0 Å². The lowest BCUT2D eigenvalue weighted by molar-refractivity contribution is 1.03. The number of fused-ring (bicyclic) bond motifs is 1. The highest BCUT2D eigenvalue weighted by molar-refractivity contribution is 7.99. The van der Waals surface area contributed by atoms with Crippen molar-refractivity contribution >= 4 is 46.0 Å². The van der Waals surface area contributed by atoms with Gasteiger partial charge in [0.05, 0.1) is 11.0 Å². The van der Waals surface area contributed by atoms with Crippen molar-refractivity contribution < 1.29 is 0 Å². The fourth-order valence-electron chi connectivity index (χ4n) is 2.05. The van der Waals surface area contributed by atoms with Crippen molar-refractivity contribution in [2.24, 2.45) is 0 Å². The monoisotopic (exact) mass is 322 g/mol. The van der Waals surface area contributed by atoms with Crippen molar-refractivity contribution in [2.75, 3.05) is 0 Å². The van der Waals surface area contributed by atoms with Gasteiger partial charge in [-0.15, -0.1) is 0 Å².